The molecule has 9 heterocycles. The Bertz CT molecular complexity index is 6030. The summed E-state index contributed by atoms with van der Waals surface area (Å²) in [7, 11) is -1.86. The van der Waals surface area contributed by atoms with Crippen LogP contribution in [0.5, 0.6) is 34.5 Å². The van der Waals surface area contributed by atoms with E-state index >= 15 is 0 Å². The molecule has 0 bridgehead atoms. The third-order valence-corrected chi connectivity index (χ3v) is 33.7. The molecule has 3 N–H and O–H groups in total. The lowest BCUT2D eigenvalue weighted by atomic mass is 9.93. The Morgan fingerprint density at radius 1 is 0.396 bits per heavy atom. The number of imide groups is 3. The van der Waals surface area contributed by atoms with E-state index in [2.05, 4.69) is 40.3 Å². The van der Waals surface area contributed by atoms with E-state index in [0.29, 0.717) is 117 Å². The highest BCUT2D eigenvalue weighted by molar-refractivity contribution is 7.92. The van der Waals surface area contributed by atoms with Gasteiger partial charge in [-0.15, -0.1) is 40.6 Å². The Labute approximate surface area is 791 Å². The van der Waals surface area contributed by atoms with Gasteiger partial charge in [0.1, 0.15) is 12.6 Å². The number of benzene rings is 6. The molecule has 39 heteroatoms. The number of alkyl halides is 3. The molecule has 3 aromatic heterocycles. The molecule has 716 valence electrons. The normalized spacial score (nSPS) is 17.2. The van der Waals surface area contributed by atoms with E-state index in [1.165, 1.54) is 93.3 Å². The number of carbonyl (C=O) groups excluding carboxylic acids is 6. The molecule has 0 radical (unpaired) electrons. The molecular formula is C95H111F3N12O18S6. The van der Waals surface area contributed by atoms with Gasteiger partial charge >= 0.3 is 6.18 Å². The molecule has 6 aromatic carbocycles. The fourth-order valence-electron chi connectivity index (χ4n) is 18.5. The summed E-state index contributed by atoms with van der Waals surface area (Å²) < 4.78 is 156. The topological polar surface area (TPSA) is 325 Å². The van der Waals surface area contributed by atoms with Crippen LogP contribution in [-0.2, 0) is 30.1 Å². The molecule has 1 aliphatic carbocycles. The number of piperazine rings is 3. The number of hydrogen-bond acceptors (Lipinski definition) is 27. The van der Waals surface area contributed by atoms with Crippen LogP contribution in [0.25, 0.3) is 0 Å². The van der Waals surface area contributed by atoms with E-state index < -0.39 is 72.7 Å². The molecule has 30 nitrogen and oxygen atoms in total. The summed E-state index contributed by atoms with van der Waals surface area (Å²) in [5, 5.41) is 5.09. The van der Waals surface area contributed by atoms with Crippen LogP contribution in [0.1, 0.15) is 168 Å². The number of hydrogen-bond donors (Lipinski definition) is 3. The Morgan fingerprint density at radius 2 is 0.709 bits per heavy atom. The summed E-state index contributed by atoms with van der Waals surface area (Å²) in [5.41, 5.74) is 6.08. The number of nitrogens with one attached hydrogen (secondary N) is 3. The van der Waals surface area contributed by atoms with Crippen molar-refractivity contribution in [1.82, 2.24) is 43.6 Å². The summed E-state index contributed by atoms with van der Waals surface area (Å²) in [5.74, 6) is 0.425. The van der Waals surface area contributed by atoms with Crippen molar-refractivity contribution in [3.8, 4) is 34.5 Å². The number of rotatable bonds is 37. The largest absolute Gasteiger partial charge is 0.493 e. The molecule has 3 atom stereocenters. The third-order valence-electron chi connectivity index (χ3n) is 25.2. The van der Waals surface area contributed by atoms with Crippen LogP contribution in [0.2, 0.25) is 0 Å². The number of amides is 6. The highest BCUT2D eigenvalue weighted by atomic mass is 32.3. The molecule has 0 unspecified atom stereocenters. The molecular weight excluding hydrogens is 1850 g/mol. The third kappa shape index (κ3) is 22.5. The molecule has 0 spiro atoms. The predicted octanol–water partition coefficient (Wildman–Crippen LogP) is 14.0. The van der Waals surface area contributed by atoms with Gasteiger partial charge in [0.25, 0.3) is 35.4 Å². The number of thiophene rings is 3. The summed E-state index contributed by atoms with van der Waals surface area (Å²) >= 11 is 3.39. The van der Waals surface area contributed by atoms with Crippen molar-refractivity contribution in [3.63, 3.8) is 0 Å². The number of ether oxygens (including phenoxy) is 6. The van der Waals surface area contributed by atoms with Crippen LogP contribution in [0.15, 0.2) is 187 Å². The lowest BCUT2D eigenvalue weighted by Crippen LogP contribution is -2.51. The van der Waals surface area contributed by atoms with E-state index in [0.717, 1.165) is 104 Å². The predicted molar refractivity (Wildman–Crippen MR) is 508 cm³/mol. The number of halogens is 3. The van der Waals surface area contributed by atoms with Gasteiger partial charge in [-0.05, 0) is 175 Å². The van der Waals surface area contributed by atoms with Crippen LogP contribution in [0, 0.1) is 0 Å². The SMILES string of the molecule is C=CCN1CCN(c2cccc3c2C(=O)N([C@H](CCCNS(=O)(=O)c2cccs2)c2ccc(OC)c(OC)c2)C3=O)CC1.COc1ccc([C@@H](CCCNS(=O)(=O)c2cccs2)N2C(=O)c3cccc(N4CCN(C5CCCCC5)CC4)c3C2=O)cc1OC.COc1ccc([C@@H](CCCNS(=O)(=O)c2cccs2)N2C(=O)c3cccc(N4CCN(CC(F)(F)F)CC4)c3C2=O)cc1OC. The van der Waals surface area contributed by atoms with E-state index in [-0.39, 0.29) is 99.6 Å². The van der Waals surface area contributed by atoms with Crippen molar-refractivity contribution in [2.24, 2.45) is 0 Å². The van der Waals surface area contributed by atoms with Gasteiger partial charge in [0.2, 0.25) is 30.1 Å². The van der Waals surface area contributed by atoms with Crippen LogP contribution in [0.4, 0.5) is 30.2 Å². The average Bonchev–Trinajstić information content (AvgIpc) is 1.60. The number of carbonyl (C=O) groups is 6. The van der Waals surface area contributed by atoms with Crippen molar-refractivity contribution in [2.45, 2.75) is 114 Å². The molecule has 6 aliphatic heterocycles. The van der Waals surface area contributed by atoms with Gasteiger partial charge in [0.05, 0.1) is 118 Å². The first-order chi connectivity index (χ1) is 64.5. The zero-order chi connectivity index (χ0) is 95.2. The van der Waals surface area contributed by atoms with Gasteiger partial charge in [0.15, 0.2) is 34.5 Å². The number of sulfonamides is 3. The van der Waals surface area contributed by atoms with Gasteiger partial charge < -0.3 is 43.1 Å². The first kappa shape index (κ1) is 99.2. The average molecular weight is 1960 g/mol. The van der Waals surface area contributed by atoms with E-state index in [1.807, 2.05) is 47.4 Å². The molecule has 16 rings (SSSR count). The minimum atomic E-state index is -4.30. The fraction of sp³-hybridized carbons (Fsp3) is 0.411. The number of methoxy groups -OCH3 is 6. The second-order valence-electron chi connectivity index (χ2n) is 33.1. The van der Waals surface area contributed by atoms with E-state index in [4.69, 9.17) is 28.4 Å². The highest BCUT2D eigenvalue weighted by Gasteiger charge is 2.48. The molecule has 134 heavy (non-hydrogen) atoms. The van der Waals surface area contributed by atoms with E-state index in [1.54, 1.807) is 126 Å². The first-order valence-corrected chi connectivity index (χ1v) is 51.5. The van der Waals surface area contributed by atoms with Crippen molar-refractivity contribution in [1.29, 1.82) is 0 Å². The zero-order valence-electron chi connectivity index (χ0n) is 75.4. The van der Waals surface area contributed by atoms with Gasteiger partial charge in [0, 0.05) is 111 Å². The minimum absolute atomic E-state index is 0.0701. The smallest absolute Gasteiger partial charge is 0.401 e. The number of nitrogens with zero attached hydrogens (tertiary/aromatic N) is 9. The fourth-order valence-corrected chi connectivity index (χ4v) is 24.8. The molecule has 9 aromatic rings. The number of anilines is 3. The maximum Gasteiger partial charge on any atom is 0.401 e. The van der Waals surface area contributed by atoms with Gasteiger partial charge in [-0.1, -0.05) is 79.9 Å². The highest BCUT2D eigenvalue weighted by Crippen LogP contribution is 2.46. The van der Waals surface area contributed by atoms with Crippen molar-refractivity contribution in [2.75, 3.05) is 169 Å². The second-order valence-corrected chi connectivity index (χ2v) is 41.9. The Hall–Kier alpha value is -10.8. The molecule has 3 saturated heterocycles. The lowest BCUT2D eigenvalue weighted by Gasteiger charge is -2.41. The first-order valence-electron chi connectivity index (χ1n) is 44.4. The van der Waals surface area contributed by atoms with Gasteiger partial charge in [-0.2, -0.15) is 13.2 Å². The monoisotopic (exact) mass is 1960 g/mol. The Morgan fingerprint density at radius 3 is 1.00 bits per heavy atom. The van der Waals surface area contributed by atoms with Gasteiger partial charge in [-0.3, -0.25) is 58.2 Å². The molecule has 6 amide bonds. The summed E-state index contributed by atoms with van der Waals surface area (Å²) in [6, 6.07) is 39.9. The van der Waals surface area contributed by atoms with Crippen molar-refractivity contribution >= 4 is 117 Å². The maximum absolute atomic E-state index is 14.3. The lowest BCUT2D eigenvalue weighted by molar-refractivity contribution is -0.146. The number of fused-ring (bicyclic) bond motifs is 3. The summed E-state index contributed by atoms with van der Waals surface area (Å²) in [6.45, 7) is 11.5. The van der Waals surface area contributed by atoms with Crippen LogP contribution in [-0.4, -0.2) is 256 Å². The van der Waals surface area contributed by atoms with Crippen LogP contribution < -0.4 is 57.3 Å². The van der Waals surface area contributed by atoms with Crippen molar-refractivity contribution < 1.29 is 95.6 Å². The molecule has 1 saturated carbocycles. The molecule has 4 fully saturated rings. The second kappa shape index (κ2) is 44.3. The van der Waals surface area contributed by atoms with Gasteiger partial charge in [-0.25, -0.2) is 39.4 Å². The molecule has 7 aliphatic rings. The quantitative estimate of drug-likeness (QED) is 0.0185. The summed E-state index contributed by atoms with van der Waals surface area (Å²) in [4.78, 5) is 101. The van der Waals surface area contributed by atoms with E-state index in [9.17, 15) is 67.2 Å². The van der Waals surface area contributed by atoms with Crippen LogP contribution >= 0.6 is 34.0 Å². The standard InChI is InChI=1S/C34H42N4O6S2.C31H36N4O6S2.C30H33F3N4O6S2/c1-43-29-16-15-24(23-30(29)44-2)27(13-7-17-35-46(41,42)31-14-8-22-45-31)38-33(39)26-11-6-12-28(32(26)34(38)40)37-20-18-36(19-21-37)25-9-4-3-5-10-25;1-4-15-33-16-18-34(19-17-33)25-9-5-8-23-29(25)31(37)35(30(23)36)24(22-12-13-26(40-2)27(21-22)41-3)10-6-14-32-43(38,39)28-11-7-20-42-28;1-42-24-11-10-20(18-25(24)43-2)22(8-4-12-34-45(40,41)26-9-5-17-44-26)37-28(38)21-6-3-7-23(27(21)29(37)39)36-15-13-35(14-16-36)19-30(31,32)33/h6,8,11-12,14-16,22-23,25,27,35H,3-5,7,9-10,13,17-21H2,1-2H3;4-5,7-9,11-13,20-21,24,32H,1,6,10,14-19H2,2-3H3;3,5-7,9-11,17-18,22,34H,4,8,12-16,19H2,1-2H3/t27-;24-;22-/m111/s1. The minimum Gasteiger partial charge on any atom is -0.493 e. The van der Waals surface area contributed by atoms with Crippen LogP contribution in [0.3, 0.4) is 0 Å². The maximum atomic E-state index is 14.3. The summed E-state index contributed by atoms with van der Waals surface area (Å²) in [6.07, 6.45) is 6.02. The Balaban J connectivity index is 0.000000161. The van der Waals surface area contributed by atoms with Crippen molar-refractivity contribution in [3.05, 3.63) is 224 Å². The zero-order valence-corrected chi connectivity index (χ0v) is 80.3. The Kier molecular flexibility index (Phi) is 32.8.